The molecule has 21 heavy (non-hydrogen) atoms. The molecule has 112 valence electrons. The van der Waals surface area contributed by atoms with Crippen molar-refractivity contribution < 1.29 is 19.5 Å². The van der Waals surface area contributed by atoms with Gasteiger partial charge in [0.15, 0.2) is 0 Å². The zero-order valence-corrected chi connectivity index (χ0v) is 12.4. The van der Waals surface area contributed by atoms with Gasteiger partial charge in [-0.1, -0.05) is 17.7 Å². The quantitative estimate of drug-likeness (QED) is 0.795. The second-order valence-corrected chi connectivity index (χ2v) is 5.90. The summed E-state index contributed by atoms with van der Waals surface area (Å²) in [6.45, 7) is 2.18. The second kappa shape index (κ2) is 6.62. The van der Waals surface area contributed by atoms with E-state index in [0.29, 0.717) is 17.2 Å². The Hall–Kier alpha value is -2.02. The van der Waals surface area contributed by atoms with Gasteiger partial charge in [-0.25, -0.2) is 4.79 Å². The Morgan fingerprint density at radius 3 is 2.57 bits per heavy atom. The van der Waals surface area contributed by atoms with Crippen LogP contribution in [0.15, 0.2) is 24.3 Å². The number of carboxylic acid groups (broad SMARTS) is 1. The number of anilines is 1. The highest BCUT2D eigenvalue weighted by Gasteiger charge is 2.35. The van der Waals surface area contributed by atoms with Gasteiger partial charge in [0.1, 0.15) is 6.04 Å². The topological polar surface area (TPSA) is 86.7 Å². The average molecular weight is 308 g/mol. The molecule has 2 N–H and O–H groups in total. The third-order valence-electron chi connectivity index (χ3n) is 3.18. The van der Waals surface area contributed by atoms with E-state index >= 15 is 0 Å². The van der Waals surface area contributed by atoms with Crippen LogP contribution in [0.25, 0.3) is 0 Å². The van der Waals surface area contributed by atoms with Gasteiger partial charge in [-0.3, -0.25) is 9.59 Å². The predicted molar refractivity (Wildman–Crippen MR) is 80.3 cm³/mol. The fourth-order valence-corrected chi connectivity index (χ4v) is 3.04. The van der Waals surface area contributed by atoms with Gasteiger partial charge in [0.2, 0.25) is 0 Å². The molecule has 1 atom stereocenters. The van der Waals surface area contributed by atoms with E-state index in [0.717, 1.165) is 10.5 Å². The number of nitrogens with zero attached hydrogens (tertiary/aromatic N) is 1. The molecule has 1 fully saturated rings. The summed E-state index contributed by atoms with van der Waals surface area (Å²) < 4.78 is 0. The van der Waals surface area contributed by atoms with Gasteiger partial charge in [0.25, 0.3) is 0 Å². The molecular weight excluding hydrogens is 292 g/mol. The molecule has 2 rings (SSSR count). The summed E-state index contributed by atoms with van der Waals surface area (Å²) in [5.74, 6) is -1.76. The van der Waals surface area contributed by atoms with Crippen molar-refractivity contribution in [3.63, 3.8) is 0 Å². The number of aliphatic carboxylic acids is 1. The highest BCUT2D eigenvalue weighted by atomic mass is 32.2. The minimum atomic E-state index is -1.08. The second-order valence-electron chi connectivity index (χ2n) is 4.75. The number of rotatable bonds is 2. The number of carbonyl (C=O) groups is 3. The maximum atomic E-state index is 12.1. The van der Waals surface area contributed by atoms with E-state index < -0.39 is 23.8 Å². The van der Waals surface area contributed by atoms with Crippen molar-refractivity contribution in [1.82, 2.24) is 4.90 Å². The lowest BCUT2D eigenvalue weighted by molar-refractivity contribution is -0.152. The van der Waals surface area contributed by atoms with Crippen LogP contribution in [0.5, 0.6) is 0 Å². The fraction of sp³-hybridized carbons (Fsp3) is 0.357. The lowest BCUT2D eigenvalue weighted by Crippen LogP contribution is -2.53. The first-order valence-corrected chi connectivity index (χ1v) is 7.63. The Morgan fingerprint density at radius 1 is 1.29 bits per heavy atom. The monoisotopic (exact) mass is 308 g/mol. The standard InChI is InChI=1S/C14H16N2O4S/c1-9-2-4-10(5-3-9)15-12(17)13(18)16-6-7-21-8-11(16)14(19)20/h2-5,11H,6-8H2,1H3,(H,15,17)(H,19,20). The highest BCUT2D eigenvalue weighted by molar-refractivity contribution is 7.99. The van der Waals surface area contributed by atoms with Crippen molar-refractivity contribution >= 4 is 35.2 Å². The van der Waals surface area contributed by atoms with E-state index in [1.165, 1.54) is 11.8 Å². The van der Waals surface area contributed by atoms with Gasteiger partial charge in [-0.2, -0.15) is 11.8 Å². The number of carbonyl (C=O) groups excluding carboxylic acids is 2. The molecule has 1 heterocycles. The minimum absolute atomic E-state index is 0.266. The number of hydrogen-bond donors (Lipinski definition) is 2. The fourth-order valence-electron chi connectivity index (χ4n) is 2.00. The Kier molecular flexibility index (Phi) is 4.85. The Labute approximate surface area is 126 Å². The summed E-state index contributed by atoms with van der Waals surface area (Å²) in [5, 5.41) is 11.6. The number of thioether (sulfide) groups is 1. The van der Waals surface area contributed by atoms with Crippen LogP contribution in [-0.2, 0) is 14.4 Å². The van der Waals surface area contributed by atoms with Crippen LogP contribution in [0.1, 0.15) is 5.56 Å². The summed E-state index contributed by atoms with van der Waals surface area (Å²) in [6.07, 6.45) is 0. The van der Waals surface area contributed by atoms with Crippen LogP contribution in [0, 0.1) is 6.92 Å². The number of hydrogen-bond acceptors (Lipinski definition) is 4. The first-order chi connectivity index (χ1) is 9.99. The van der Waals surface area contributed by atoms with Gasteiger partial charge in [0.05, 0.1) is 0 Å². The molecule has 1 aromatic rings. The molecule has 0 aliphatic carbocycles. The molecule has 0 aromatic heterocycles. The molecule has 1 unspecified atom stereocenters. The Balaban J connectivity index is 2.05. The Bertz CT molecular complexity index is 559. The van der Waals surface area contributed by atoms with E-state index in [2.05, 4.69) is 5.32 Å². The maximum absolute atomic E-state index is 12.1. The number of nitrogens with one attached hydrogen (secondary N) is 1. The van der Waals surface area contributed by atoms with Crippen LogP contribution >= 0.6 is 11.8 Å². The lowest BCUT2D eigenvalue weighted by atomic mass is 10.2. The summed E-state index contributed by atoms with van der Waals surface area (Å²) in [7, 11) is 0. The first-order valence-electron chi connectivity index (χ1n) is 6.48. The molecule has 1 aliphatic heterocycles. The van der Waals surface area contributed by atoms with Crippen molar-refractivity contribution in [2.24, 2.45) is 0 Å². The van der Waals surface area contributed by atoms with Gasteiger partial charge >= 0.3 is 17.8 Å². The van der Waals surface area contributed by atoms with Crippen molar-refractivity contribution in [1.29, 1.82) is 0 Å². The maximum Gasteiger partial charge on any atom is 0.327 e. The Morgan fingerprint density at radius 2 is 1.95 bits per heavy atom. The van der Waals surface area contributed by atoms with Crippen molar-refractivity contribution in [2.45, 2.75) is 13.0 Å². The summed E-state index contributed by atoms with van der Waals surface area (Å²) in [6, 6.07) is 6.08. The highest BCUT2D eigenvalue weighted by Crippen LogP contribution is 2.17. The van der Waals surface area contributed by atoms with Gasteiger partial charge < -0.3 is 15.3 Å². The summed E-state index contributed by atoms with van der Waals surface area (Å²) in [5.41, 5.74) is 1.55. The van der Waals surface area contributed by atoms with Crippen LogP contribution in [0.3, 0.4) is 0 Å². The SMILES string of the molecule is Cc1ccc(NC(=O)C(=O)N2CCSCC2C(=O)O)cc1. The van der Waals surface area contributed by atoms with Crippen molar-refractivity contribution in [3.8, 4) is 0 Å². The third-order valence-corrected chi connectivity index (χ3v) is 4.20. The number of carboxylic acids is 1. The smallest absolute Gasteiger partial charge is 0.327 e. The molecule has 1 aliphatic rings. The lowest BCUT2D eigenvalue weighted by Gasteiger charge is -2.31. The molecule has 2 amide bonds. The molecule has 7 heteroatoms. The summed E-state index contributed by atoms with van der Waals surface area (Å²) >= 11 is 1.46. The van der Waals surface area contributed by atoms with Crippen molar-refractivity contribution in [3.05, 3.63) is 29.8 Å². The van der Waals surface area contributed by atoms with E-state index in [1.807, 2.05) is 19.1 Å². The molecule has 0 spiro atoms. The van der Waals surface area contributed by atoms with Crippen LogP contribution < -0.4 is 5.32 Å². The van der Waals surface area contributed by atoms with Crippen LogP contribution in [0.4, 0.5) is 5.69 Å². The summed E-state index contributed by atoms with van der Waals surface area (Å²) in [4.78, 5) is 36.4. The average Bonchev–Trinajstić information content (AvgIpc) is 2.48. The van der Waals surface area contributed by atoms with Gasteiger partial charge in [-0.05, 0) is 19.1 Å². The normalized spacial score (nSPS) is 18.1. The zero-order valence-electron chi connectivity index (χ0n) is 11.5. The van der Waals surface area contributed by atoms with E-state index in [-0.39, 0.29) is 6.54 Å². The largest absolute Gasteiger partial charge is 0.480 e. The molecule has 1 aromatic carbocycles. The van der Waals surface area contributed by atoms with Gasteiger partial charge in [0, 0.05) is 23.7 Å². The number of benzene rings is 1. The molecule has 0 radical (unpaired) electrons. The van der Waals surface area contributed by atoms with Crippen molar-refractivity contribution in [2.75, 3.05) is 23.4 Å². The molecule has 0 bridgehead atoms. The van der Waals surface area contributed by atoms with E-state index in [9.17, 15) is 14.4 Å². The van der Waals surface area contributed by atoms with Crippen LogP contribution in [0.2, 0.25) is 0 Å². The van der Waals surface area contributed by atoms with Crippen LogP contribution in [-0.4, -0.2) is 51.9 Å². The number of amides is 2. The minimum Gasteiger partial charge on any atom is -0.480 e. The van der Waals surface area contributed by atoms with E-state index in [4.69, 9.17) is 5.11 Å². The first kappa shape index (κ1) is 15.4. The zero-order chi connectivity index (χ0) is 15.4. The predicted octanol–water partition coefficient (Wildman–Crippen LogP) is 0.962. The molecule has 1 saturated heterocycles. The molecule has 0 saturated carbocycles. The molecule has 6 nitrogen and oxygen atoms in total. The van der Waals surface area contributed by atoms with E-state index in [1.54, 1.807) is 12.1 Å². The molecular formula is C14H16N2O4S. The number of aryl methyl sites for hydroxylation is 1. The third kappa shape index (κ3) is 3.75. The van der Waals surface area contributed by atoms with Gasteiger partial charge in [-0.15, -0.1) is 0 Å².